The number of benzene rings is 1. The zero-order valence-electron chi connectivity index (χ0n) is 12.4. The van der Waals surface area contributed by atoms with Crippen LogP contribution in [0.15, 0.2) is 28.7 Å². The Balaban J connectivity index is 1.91. The van der Waals surface area contributed by atoms with Gasteiger partial charge in [0.25, 0.3) is 0 Å². The average Bonchev–Trinajstić information content (AvgIpc) is 3.21. The molecule has 0 aliphatic heterocycles. The van der Waals surface area contributed by atoms with E-state index in [0.29, 0.717) is 12.5 Å². The molecular formula is C17H24N2O. The van der Waals surface area contributed by atoms with Crippen LogP contribution in [-0.2, 0) is 13.1 Å². The van der Waals surface area contributed by atoms with Crippen molar-refractivity contribution >= 4 is 11.0 Å². The van der Waals surface area contributed by atoms with Gasteiger partial charge in [0.2, 0.25) is 0 Å². The van der Waals surface area contributed by atoms with E-state index in [0.717, 1.165) is 30.5 Å². The highest BCUT2D eigenvalue weighted by Crippen LogP contribution is 2.33. The lowest BCUT2D eigenvalue weighted by Gasteiger charge is -2.24. The number of hydrogen-bond donors (Lipinski definition) is 1. The van der Waals surface area contributed by atoms with Crippen LogP contribution >= 0.6 is 0 Å². The number of nitrogens with zero attached hydrogens (tertiary/aromatic N) is 1. The van der Waals surface area contributed by atoms with Crippen molar-refractivity contribution in [2.75, 3.05) is 6.54 Å². The van der Waals surface area contributed by atoms with Crippen LogP contribution in [0.3, 0.4) is 0 Å². The van der Waals surface area contributed by atoms with Crippen LogP contribution in [-0.4, -0.2) is 17.5 Å². The number of fused-ring (bicyclic) bond motifs is 1. The molecule has 1 heterocycles. The molecule has 0 unspecified atom stereocenters. The lowest BCUT2D eigenvalue weighted by Crippen LogP contribution is -2.29. The standard InChI is InChI=1S/C17H24N2O/c1-12(2)10-19(13-7-8-13)11-15-14-5-3-4-6-16(14)20-17(15)9-18/h3-6,12-13H,7-11,18H2,1-2H3. The van der Waals surface area contributed by atoms with Gasteiger partial charge < -0.3 is 10.2 Å². The summed E-state index contributed by atoms with van der Waals surface area (Å²) >= 11 is 0. The van der Waals surface area contributed by atoms with E-state index in [9.17, 15) is 0 Å². The molecule has 3 heteroatoms. The lowest BCUT2D eigenvalue weighted by molar-refractivity contribution is 0.225. The maximum absolute atomic E-state index is 5.90. The molecule has 1 aromatic carbocycles. The van der Waals surface area contributed by atoms with Gasteiger partial charge in [0.1, 0.15) is 11.3 Å². The monoisotopic (exact) mass is 272 g/mol. The molecule has 1 aliphatic carbocycles. The fourth-order valence-electron chi connectivity index (χ4n) is 2.94. The molecule has 1 aromatic heterocycles. The molecule has 1 fully saturated rings. The maximum Gasteiger partial charge on any atom is 0.134 e. The zero-order valence-corrected chi connectivity index (χ0v) is 12.4. The first-order chi connectivity index (χ1) is 9.69. The summed E-state index contributed by atoms with van der Waals surface area (Å²) < 4.78 is 5.90. The van der Waals surface area contributed by atoms with Crippen LogP contribution in [0.25, 0.3) is 11.0 Å². The minimum Gasteiger partial charge on any atom is -0.459 e. The van der Waals surface area contributed by atoms with Crippen molar-refractivity contribution in [3.63, 3.8) is 0 Å². The van der Waals surface area contributed by atoms with Crippen molar-refractivity contribution < 1.29 is 4.42 Å². The maximum atomic E-state index is 5.90. The first-order valence-electron chi connectivity index (χ1n) is 7.62. The molecule has 3 rings (SSSR count). The summed E-state index contributed by atoms with van der Waals surface area (Å²) in [7, 11) is 0. The molecule has 2 N–H and O–H groups in total. The SMILES string of the molecule is CC(C)CN(Cc1c(CN)oc2ccccc12)C1CC1. The van der Waals surface area contributed by atoms with Gasteiger partial charge in [0.05, 0.1) is 6.54 Å². The van der Waals surface area contributed by atoms with Crippen molar-refractivity contribution in [1.82, 2.24) is 4.90 Å². The first-order valence-corrected chi connectivity index (χ1v) is 7.62. The third-order valence-electron chi connectivity index (χ3n) is 3.99. The molecule has 0 bridgehead atoms. The Morgan fingerprint density at radius 1 is 1.30 bits per heavy atom. The van der Waals surface area contributed by atoms with Crippen LogP contribution in [0, 0.1) is 5.92 Å². The fraction of sp³-hybridized carbons (Fsp3) is 0.529. The van der Waals surface area contributed by atoms with Crippen LogP contribution in [0.1, 0.15) is 38.0 Å². The Labute approximate surface area is 120 Å². The van der Waals surface area contributed by atoms with E-state index in [-0.39, 0.29) is 0 Å². The highest BCUT2D eigenvalue weighted by molar-refractivity contribution is 5.82. The van der Waals surface area contributed by atoms with Crippen LogP contribution < -0.4 is 5.73 Å². The molecule has 20 heavy (non-hydrogen) atoms. The Kier molecular flexibility index (Phi) is 3.81. The summed E-state index contributed by atoms with van der Waals surface area (Å²) in [5, 5.41) is 1.22. The largest absolute Gasteiger partial charge is 0.459 e. The third-order valence-corrected chi connectivity index (χ3v) is 3.99. The molecule has 1 saturated carbocycles. The van der Waals surface area contributed by atoms with E-state index in [1.54, 1.807) is 0 Å². The number of furan rings is 1. The number of nitrogens with two attached hydrogens (primary N) is 1. The highest BCUT2D eigenvalue weighted by atomic mass is 16.3. The summed E-state index contributed by atoms with van der Waals surface area (Å²) in [6.45, 7) is 7.16. The Bertz CT molecular complexity index is 584. The molecule has 108 valence electrons. The zero-order chi connectivity index (χ0) is 14.1. The molecular weight excluding hydrogens is 248 g/mol. The molecule has 0 radical (unpaired) electrons. The first kappa shape index (κ1) is 13.7. The van der Waals surface area contributed by atoms with Gasteiger partial charge in [-0.15, -0.1) is 0 Å². The van der Waals surface area contributed by atoms with Gasteiger partial charge in [-0.3, -0.25) is 4.90 Å². The van der Waals surface area contributed by atoms with E-state index in [1.807, 2.05) is 12.1 Å². The molecule has 2 aromatic rings. The molecule has 1 aliphatic rings. The van der Waals surface area contributed by atoms with Gasteiger partial charge in [-0.2, -0.15) is 0 Å². The number of para-hydroxylation sites is 1. The molecule has 0 spiro atoms. The van der Waals surface area contributed by atoms with Crippen molar-refractivity contribution in [2.45, 2.75) is 45.8 Å². The number of rotatable bonds is 6. The fourth-order valence-corrected chi connectivity index (χ4v) is 2.94. The Morgan fingerprint density at radius 2 is 2.05 bits per heavy atom. The molecule has 3 nitrogen and oxygen atoms in total. The highest BCUT2D eigenvalue weighted by Gasteiger charge is 2.30. The van der Waals surface area contributed by atoms with Gasteiger partial charge >= 0.3 is 0 Å². The minimum atomic E-state index is 0.476. The van der Waals surface area contributed by atoms with E-state index in [4.69, 9.17) is 10.2 Å². The van der Waals surface area contributed by atoms with Crippen molar-refractivity contribution in [3.8, 4) is 0 Å². The van der Waals surface area contributed by atoms with Gasteiger partial charge in [0.15, 0.2) is 0 Å². The predicted molar refractivity (Wildman–Crippen MR) is 82.4 cm³/mol. The van der Waals surface area contributed by atoms with Crippen molar-refractivity contribution in [3.05, 3.63) is 35.6 Å². The summed E-state index contributed by atoms with van der Waals surface area (Å²) in [6.07, 6.45) is 2.67. The second-order valence-corrected chi connectivity index (χ2v) is 6.26. The third kappa shape index (κ3) is 2.74. The van der Waals surface area contributed by atoms with E-state index in [2.05, 4.69) is 30.9 Å². The van der Waals surface area contributed by atoms with Crippen LogP contribution in [0.5, 0.6) is 0 Å². The summed E-state index contributed by atoms with van der Waals surface area (Å²) in [6, 6.07) is 9.03. The van der Waals surface area contributed by atoms with Gasteiger partial charge in [-0.05, 0) is 24.8 Å². The van der Waals surface area contributed by atoms with Gasteiger partial charge in [0, 0.05) is 30.1 Å². The normalized spacial score (nSPS) is 15.7. The van der Waals surface area contributed by atoms with Gasteiger partial charge in [-0.25, -0.2) is 0 Å². The van der Waals surface area contributed by atoms with Gasteiger partial charge in [-0.1, -0.05) is 32.0 Å². The quantitative estimate of drug-likeness (QED) is 0.875. The van der Waals surface area contributed by atoms with E-state index >= 15 is 0 Å². The van der Waals surface area contributed by atoms with E-state index in [1.165, 1.54) is 23.8 Å². The van der Waals surface area contributed by atoms with Crippen LogP contribution in [0.4, 0.5) is 0 Å². The Morgan fingerprint density at radius 3 is 2.70 bits per heavy atom. The molecule has 0 atom stereocenters. The summed E-state index contributed by atoms with van der Waals surface area (Å²) in [5.41, 5.74) is 8.12. The molecule has 0 amide bonds. The number of hydrogen-bond acceptors (Lipinski definition) is 3. The second kappa shape index (κ2) is 5.58. The smallest absolute Gasteiger partial charge is 0.134 e. The predicted octanol–water partition coefficient (Wildman–Crippen LogP) is 3.51. The molecule has 0 saturated heterocycles. The van der Waals surface area contributed by atoms with Crippen molar-refractivity contribution in [1.29, 1.82) is 0 Å². The average molecular weight is 272 g/mol. The summed E-state index contributed by atoms with van der Waals surface area (Å²) in [4.78, 5) is 2.60. The van der Waals surface area contributed by atoms with E-state index < -0.39 is 0 Å². The van der Waals surface area contributed by atoms with Crippen LogP contribution in [0.2, 0.25) is 0 Å². The summed E-state index contributed by atoms with van der Waals surface area (Å²) in [5.74, 6) is 1.63. The topological polar surface area (TPSA) is 42.4 Å². The second-order valence-electron chi connectivity index (χ2n) is 6.26. The lowest BCUT2D eigenvalue weighted by atomic mass is 10.1. The minimum absolute atomic E-state index is 0.476. The Hall–Kier alpha value is -1.32. The van der Waals surface area contributed by atoms with Crippen molar-refractivity contribution in [2.24, 2.45) is 11.7 Å².